The van der Waals surface area contributed by atoms with Crippen LogP contribution in [0.2, 0.25) is 0 Å². The fourth-order valence-corrected chi connectivity index (χ4v) is 10.7. The molecule has 10 nitrogen and oxygen atoms in total. The SMILES string of the molecule is CC1CS(=O)(=O)c2cc(C(=O)N=C(N)N)ccc2S1.COC(=O)c1ccc2c(c1)S(=O)(=O)CC(C)S2. The van der Waals surface area contributed by atoms with Crippen molar-refractivity contribution in [2.24, 2.45) is 16.5 Å². The number of carbonyl (C=O) groups excluding carboxylic acids is 2. The van der Waals surface area contributed by atoms with Gasteiger partial charge in [-0.05, 0) is 36.4 Å². The summed E-state index contributed by atoms with van der Waals surface area (Å²) in [7, 11) is -5.37. The molecule has 1 amide bonds. The predicted octanol–water partition coefficient (Wildman–Crippen LogP) is 2.11. The van der Waals surface area contributed by atoms with Gasteiger partial charge in [-0.3, -0.25) is 4.79 Å². The molecule has 36 heavy (non-hydrogen) atoms. The van der Waals surface area contributed by atoms with Crippen LogP contribution in [0.3, 0.4) is 0 Å². The van der Waals surface area contributed by atoms with Crippen molar-refractivity contribution in [2.45, 2.75) is 43.9 Å². The molecular weight excluding hydrogens is 547 g/mol. The van der Waals surface area contributed by atoms with Gasteiger partial charge in [0.2, 0.25) is 0 Å². The lowest BCUT2D eigenvalue weighted by Crippen LogP contribution is -2.24. The molecule has 0 radical (unpaired) electrons. The van der Waals surface area contributed by atoms with E-state index in [4.69, 9.17) is 11.5 Å². The Morgan fingerprint density at radius 2 is 1.31 bits per heavy atom. The number of esters is 1. The van der Waals surface area contributed by atoms with Crippen molar-refractivity contribution >= 4 is 61.0 Å². The van der Waals surface area contributed by atoms with E-state index >= 15 is 0 Å². The van der Waals surface area contributed by atoms with Crippen molar-refractivity contribution in [3.63, 3.8) is 0 Å². The summed E-state index contributed by atoms with van der Waals surface area (Å²) >= 11 is 2.98. The van der Waals surface area contributed by atoms with Gasteiger partial charge in [-0.2, -0.15) is 4.99 Å². The molecule has 194 valence electrons. The second-order valence-electron chi connectivity index (χ2n) is 8.08. The van der Waals surface area contributed by atoms with Crippen LogP contribution < -0.4 is 11.5 Å². The Bertz CT molecular complexity index is 1450. The van der Waals surface area contributed by atoms with Gasteiger partial charge in [0.15, 0.2) is 25.6 Å². The van der Waals surface area contributed by atoms with Crippen LogP contribution in [0, 0.1) is 0 Å². The summed E-state index contributed by atoms with van der Waals surface area (Å²) in [6.07, 6.45) is 0. The minimum atomic E-state index is -3.36. The van der Waals surface area contributed by atoms with E-state index in [0.717, 1.165) is 0 Å². The number of fused-ring (bicyclic) bond motifs is 2. The third-order valence-corrected chi connectivity index (χ3v) is 12.0. The van der Waals surface area contributed by atoms with Crippen LogP contribution in [-0.4, -0.2) is 63.8 Å². The summed E-state index contributed by atoms with van der Waals surface area (Å²) in [5.41, 5.74) is 10.7. The van der Waals surface area contributed by atoms with Crippen molar-refractivity contribution in [3.05, 3.63) is 47.5 Å². The van der Waals surface area contributed by atoms with Crippen LogP contribution in [0.1, 0.15) is 34.6 Å². The first-order chi connectivity index (χ1) is 16.7. The molecular formula is C22H25N3O7S4. The Labute approximate surface area is 218 Å². The van der Waals surface area contributed by atoms with Gasteiger partial charge in [0.05, 0.1) is 34.0 Å². The molecule has 14 heteroatoms. The van der Waals surface area contributed by atoms with Gasteiger partial charge in [0, 0.05) is 25.9 Å². The van der Waals surface area contributed by atoms with E-state index < -0.39 is 31.6 Å². The van der Waals surface area contributed by atoms with E-state index in [1.54, 1.807) is 18.2 Å². The number of nitrogens with two attached hydrogens (primary N) is 2. The summed E-state index contributed by atoms with van der Waals surface area (Å²) in [6.45, 7) is 3.73. The number of aliphatic imine (C=N–C) groups is 1. The van der Waals surface area contributed by atoms with Crippen LogP contribution in [0.15, 0.2) is 61.0 Å². The number of thioether (sulfide) groups is 2. The first-order valence-corrected chi connectivity index (χ1v) is 15.6. The Hall–Kier alpha value is -2.55. The van der Waals surface area contributed by atoms with E-state index in [0.29, 0.717) is 9.79 Å². The van der Waals surface area contributed by atoms with E-state index in [1.807, 2.05) is 13.8 Å². The second-order valence-corrected chi connectivity index (χ2v) is 15.0. The Kier molecular flexibility index (Phi) is 8.43. The number of rotatable bonds is 2. The molecule has 2 aliphatic rings. The van der Waals surface area contributed by atoms with Crippen molar-refractivity contribution in [3.8, 4) is 0 Å². The van der Waals surface area contributed by atoms with Gasteiger partial charge < -0.3 is 16.2 Å². The van der Waals surface area contributed by atoms with Gasteiger partial charge in [0.1, 0.15) is 0 Å². The molecule has 0 aromatic heterocycles. The van der Waals surface area contributed by atoms with Crippen LogP contribution in [0.5, 0.6) is 0 Å². The minimum absolute atomic E-state index is 0.00300. The molecule has 2 atom stereocenters. The van der Waals surface area contributed by atoms with Crippen molar-refractivity contribution in [1.29, 1.82) is 0 Å². The van der Waals surface area contributed by atoms with Crippen molar-refractivity contribution in [2.75, 3.05) is 18.6 Å². The monoisotopic (exact) mass is 571 g/mol. The molecule has 4 N–H and O–H groups in total. The number of sulfone groups is 2. The van der Waals surface area contributed by atoms with Crippen LogP contribution in [0.4, 0.5) is 0 Å². The van der Waals surface area contributed by atoms with Crippen LogP contribution in [0.25, 0.3) is 0 Å². The number of amides is 1. The molecule has 0 saturated carbocycles. The fraction of sp³-hybridized carbons (Fsp3) is 0.318. The largest absolute Gasteiger partial charge is 0.465 e. The highest BCUT2D eigenvalue weighted by Gasteiger charge is 2.30. The lowest BCUT2D eigenvalue weighted by Gasteiger charge is -2.21. The molecule has 0 saturated heterocycles. The van der Waals surface area contributed by atoms with E-state index in [-0.39, 0.29) is 48.9 Å². The molecule has 4 rings (SSSR count). The Balaban J connectivity index is 0.000000202. The number of ether oxygens (including phenoxy) is 1. The fourth-order valence-electron chi connectivity index (χ4n) is 3.56. The quantitative estimate of drug-likeness (QED) is 0.307. The maximum Gasteiger partial charge on any atom is 0.337 e. The first-order valence-electron chi connectivity index (χ1n) is 10.5. The van der Waals surface area contributed by atoms with Crippen LogP contribution >= 0.6 is 23.5 Å². The lowest BCUT2D eigenvalue weighted by atomic mass is 10.2. The zero-order chi connectivity index (χ0) is 26.8. The summed E-state index contributed by atoms with van der Waals surface area (Å²) in [4.78, 5) is 28.2. The molecule has 0 bridgehead atoms. The highest BCUT2D eigenvalue weighted by molar-refractivity contribution is 8.03. The molecule has 0 spiro atoms. The maximum absolute atomic E-state index is 12.1. The average molecular weight is 572 g/mol. The standard InChI is InChI=1S/C11H13N3O3S2.C11H12O4S2/c1-6-5-19(16,17)9-4-7(2-3-8(9)18-6)10(15)14-11(12)13;1-7-6-17(13,14)10-5-8(11(12)15-2)3-4-9(10)16-7/h2-4,6H,5H2,1H3,(H4,12,13,14,15);3-5,7H,6H2,1-2H3. The number of nitrogens with zero attached hydrogens (tertiary/aromatic N) is 1. The Morgan fingerprint density at radius 1 is 0.861 bits per heavy atom. The number of guanidine groups is 1. The molecule has 0 aliphatic carbocycles. The number of hydrogen-bond acceptors (Lipinski definition) is 9. The minimum Gasteiger partial charge on any atom is -0.465 e. The maximum atomic E-state index is 12.1. The third-order valence-electron chi connectivity index (χ3n) is 5.02. The Morgan fingerprint density at radius 3 is 1.75 bits per heavy atom. The molecule has 2 aromatic carbocycles. The summed E-state index contributed by atoms with van der Waals surface area (Å²) in [5, 5.41) is 0.0354. The van der Waals surface area contributed by atoms with Gasteiger partial charge in [-0.1, -0.05) is 13.8 Å². The number of carbonyl (C=O) groups is 2. The molecule has 2 aromatic rings. The number of hydrogen-bond donors (Lipinski definition) is 2. The smallest absolute Gasteiger partial charge is 0.337 e. The van der Waals surface area contributed by atoms with Crippen LogP contribution in [-0.2, 0) is 24.4 Å². The second kappa shape index (κ2) is 10.8. The normalized spacial score (nSPS) is 21.0. The first kappa shape index (κ1) is 28.0. The zero-order valence-electron chi connectivity index (χ0n) is 19.6. The van der Waals surface area contributed by atoms with Crippen molar-refractivity contribution in [1.82, 2.24) is 0 Å². The number of methoxy groups -OCH3 is 1. The third kappa shape index (κ3) is 6.41. The van der Waals surface area contributed by atoms with Gasteiger partial charge in [-0.25, -0.2) is 21.6 Å². The lowest BCUT2D eigenvalue weighted by molar-refractivity contribution is 0.0600. The zero-order valence-corrected chi connectivity index (χ0v) is 22.9. The summed E-state index contributed by atoms with van der Waals surface area (Å²) in [6, 6.07) is 9.12. The highest BCUT2D eigenvalue weighted by Crippen LogP contribution is 2.38. The van der Waals surface area contributed by atoms with Gasteiger partial charge in [0.25, 0.3) is 5.91 Å². The predicted molar refractivity (Wildman–Crippen MR) is 139 cm³/mol. The molecule has 2 heterocycles. The van der Waals surface area contributed by atoms with E-state index in [1.165, 1.54) is 48.8 Å². The topological polar surface area (TPSA) is 176 Å². The molecule has 0 fully saturated rings. The molecule has 2 unspecified atom stereocenters. The molecule has 2 aliphatic heterocycles. The average Bonchev–Trinajstić information content (AvgIpc) is 2.77. The van der Waals surface area contributed by atoms with E-state index in [9.17, 15) is 26.4 Å². The summed E-state index contributed by atoms with van der Waals surface area (Å²) < 4.78 is 52.7. The highest BCUT2D eigenvalue weighted by atomic mass is 32.2. The summed E-state index contributed by atoms with van der Waals surface area (Å²) in [5.74, 6) is -1.36. The van der Waals surface area contributed by atoms with Crippen molar-refractivity contribution < 1.29 is 31.2 Å². The number of benzene rings is 2. The van der Waals surface area contributed by atoms with E-state index in [2.05, 4.69) is 9.73 Å². The van der Waals surface area contributed by atoms with Gasteiger partial charge >= 0.3 is 5.97 Å². The van der Waals surface area contributed by atoms with Gasteiger partial charge in [-0.15, -0.1) is 23.5 Å².